The van der Waals surface area contributed by atoms with Crippen LogP contribution in [0.25, 0.3) is 11.4 Å². The van der Waals surface area contributed by atoms with Gasteiger partial charge in [0, 0.05) is 31.0 Å². The van der Waals surface area contributed by atoms with Gasteiger partial charge in [-0.05, 0) is 43.5 Å². The number of urea groups is 1. The van der Waals surface area contributed by atoms with E-state index >= 15 is 0 Å². The van der Waals surface area contributed by atoms with Crippen LogP contribution < -0.4 is 5.32 Å². The van der Waals surface area contributed by atoms with E-state index in [0.717, 1.165) is 47.7 Å². The molecule has 0 saturated carbocycles. The molecule has 1 saturated heterocycles. The Morgan fingerprint density at radius 1 is 1.22 bits per heavy atom. The molecule has 138 valence electrons. The quantitative estimate of drug-likeness (QED) is 0.773. The number of amides is 2. The standard InChI is InChI=1S/C20H22N6O/c1-14-15(19-24-22-13-25(19)2)7-5-9-16(14)23-20(27)26-12-6-10-18(26)17-8-3-4-11-21-17/h3-5,7-9,11,13,18H,6,10,12H2,1-2H3,(H,23,27)/t18-/m1/s1. The van der Waals surface area contributed by atoms with Gasteiger partial charge in [-0.25, -0.2) is 4.79 Å². The van der Waals surface area contributed by atoms with Crippen molar-refractivity contribution in [2.45, 2.75) is 25.8 Å². The lowest BCUT2D eigenvalue weighted by molar-refractivity contribution is 0.206. The SMILES string of the molecule is Cc1c(NC(=O)N2CCC[C@@H]2c2ccccn2)cccc1-c1nncn1C. The Balaban J connectivity index is 1.57. The maximum absolute atomic E-state index is 13.0. The highest BCUT2D eigenvalue weighted by Gasteiger charge is 2.31. The van der Waals surface area contributed by atoms with Crippen LogP contribution in [0.15, 0.2) is 48.9 Å². The number of aromatic nitrogens is 4. The zero-order valence-corrected chi connectivity index (χ0v) is 15.5. The number of rotatable bonds is 3. The Bertz CT molecular complexity index is 952. The van der Waals surface area contributed by atoms with Gasteiger partial charge < -0.3 is 14.8 Å². The van der Waals surface area contributed by atoms with Crippen molar-refractivity contribution in [3.05, 3.63) is 60.2 Å². The molecule has 7 nitrogen and oxygen atoms in total. The van der Waals surface area contributed by atoms with Crippen LogP contribution in [-0.4, -0.2) is 37.2 Å². The molecule has 2 amide bonds. The second-order valence-corrected chi connectivity index (χ2v) is 6.78. The summed E-state index contributed by atoms with van der Waals surface area (Å²) in [7, 11) is 1.90. The van der Waals surface area contributed by atoms with Crippen LogP contribution in [0.3, 0.4) is 0 Å². The van der Waals surface area contributed by atoms with Gasteiger partial charge in [0.05, 0.1) is 11.7 Å². The van der Waals surface area contributed by atoms with Gasteiger partial charge in [0.1, 0.15) is 6.33 Å². The number of pyridine rings is 1. The third-order valence-electron chi connectivity index (χ3n) is 5.07. The number of hydrogen-bond donors (Lipinski definition) is 1. The summed E-state index contributed by atoms with van der Waals surface area (Å²) in [6.45, 7) is 2.72. The molecule has 0 aliphatic carbocycles. The third kappa shape index (κ3) is 3.28. The molecule has 0 unspecified atom stereocenters. The van der Waals surface area contributed by atoms with Gasteiger partial charge in [-0.1, -0.05) is 18.2 Å². The highest BCUT2D eigenvalue weighted by atomic mass is 16.2. The molecule has 0 spiro atoms. The minimum Gasteiger partial charge on any atom is -0.317 e. The molecular weight excluding hydrogens is 340 g/mol. The fourth-order valence-electron chi connectivity index (χ4n) is 3.62. The summed E-state index contributed by atoms with van der Waals surface area (Å²) in [5, 5.41) is 11.2. The topological polar surface area (TPSA) is 75.9 Å². The summed E-state index contributed by atoms with van der Waals surface area (Å²) < 4.78 is 1.87. The van der Waals surface area contributed by atoms with Crippen molar-refractivity contribution >= 4 is 11.7 Å². The molecule has 3 aromatic rings. The molecular formula is C20H22N6O. The first-order valence-electron chi connectivity index (χ1n) is 9.07. The van der Waals surface area contributed by atoms with Crippen LogP contribution in [0.2, 0.25) is 0 Å². The molecule has 1 N–H and O–H groups in total. The summed E-state index contributed by atoms with van der Waals surface area (Å²) in [5.41, 5.74) is 3.65. The molecule has 0 bridgehead atoms. The van der Waals surface area contributed by atoms with E-state index in [0.29, 0.717) is 0 Å². The van der Waals surface area contributed by atoms with E-state index in [1.807, 2.05) is 59.8 Å². The maximum atomic E-state index is 13.0. The van der Waals surface area contributed by atoms with Gasteiger partial charge in [0.2, 0.25) is 0 Å². The minimum absolute atomic E-state index is 0.0217. The highest BCUT2D eigenvalue weighted by Crippen LogP contribution is 2.32. The maximum Gasteiger partial charge on any atom is 0.322 e. The van der Waals surface area contributed by atoms with Crippen LogP contribution in [0, 0.1) is 6.92 Å². The Kier molecular flexibility index (Phi) is 4.58. The lowest BCUT2D eigenvalue weighted by Crippen LogP contribution is -2.35. The predicted molar refractivity (Wildman–Crippen MR) is 103 cm³/mol. The van der Waals surface area contributed by atoms with Crippen molar-refractivity contribution in [3.63, 3.8) is 0 Å². The zero-order valence-electron chi connectivity index (χ0n) is 15.5. The fraction of sp³-hybridized carbons (Fsp3) is 0.300. The molecule has 2 aromatic heterocycles. The number of likely N-dealkylation sites (tertiary alicyclic amines) is 1. The van der Waals surface area contributed by atoms with E-state index in [9.17, 15) is 4.79 Å². The van der Waals surface area contributed by atoms with E-state index in [2.05, 4.69) is 20.5 Å². The lowest BCUT2D eigenvalue weighted by Gasteiger charge is -2.25. The molecule has 3 heterocycles. The van der Waals surface area contributed by atoms with Crippen LogP contribution >= 0.6 is 0 Å². The van der Waals surface area contributed by atoms with E-state index < -0.39 is 0 Å². The number of carbonyl (C=O) groups is 1. The molecule has 27 heavy (non-hydrogen) atoms. The average Bonchev–Trinajstić information content (AvgIpc) is 3.33. The molecule has 1 aliphatic rings. The van der Waals surface area contributed by atoms with Gasteiger partial charge in [0.25, 0.3) is 0 Å². The first kappa shape index (κ1) is 17.2. The zero-order chi connectivity index (χ0) is 18.8. The van der Waals surface area contributed by atoms with E-state index in [4.69, 9.17) is 0 Å². The van der Waals surface area contributed by atoms with Crippen molar-refractivity contribution in [2.24, 2.45) is 7.05 Å². The number of anilines is 1. The normalized spacial score (nSPS) is 16.5. The number of aryl methyl sites for hydroxylation is 1. The highest BCUT2D eigenvalue weighted by molar-refractivity contribution is 5.91. The summed E-state index contributed by atoms with van der Waals surface area (Å²) >= 11 is 0. The molecule has 7 heteroatoms. The van der Waals surface area contributed by atoms with Gasteiger partial charge >= 0.3 is 6.03 Å². The smallest absolute Gasteiger partial charge is 0.317 e. The van der Waals surface area contributed by atoms with Gasteiger partial charge in [0.15, 0.2) is 5.82 Å². The summed E-state index contributed by atoms with van der Waals surface area (Å²) in [6.07, 6.45) is 5.36. The predicted octanol–water partition coefficient (Wildman–Crippen LogP) is 3.55. The first-order chi connectivity index (χ1) is 13.1. The molecule has 1 aliphatic heterocycles. The average molecular weight is 362 g/mol. The Labute approximate surface area is 158 Å². The van der Waals surface area contributed by atoms with Crippen LogP contribution in [0.5, 0.6) is 0 Å². The molecule has 0 radical (unpaired) electrons. The second-order valence-electron chi connectivity index (χ2n) is 6.78. The first-order valence-corrected chi connectivity index (χ1v) is 9.07. The molecule has 1 aromatic carbocycles. The Hall–Kier alpha value is -3.22. The Morgan fingerprint density at radius 2 is 2.11 bits per heavy atom. The van der Waals surface area contributed by atoms with Crippen LogP contribution in [0.1, 0.15) is 30.1 Å². The number of nitrogens with one attached hydrogen (secondary N) is 1. The molecule has 1 atom stereocenters. The summed E-state index contributed by atoms with van der Waals surface area (Å²) in [6, 6.07) is 11.6. The minimum atomic E-state index is -0.0960. The van der Waals surface area contributed by atoms with Crippen LogP contribution in [-0.2, 0) is 7.05 Å². The summed E-state index contributed by atoms with van der Waals surface area (Å²) in [5.74, 6) is 0.774. The van der Waals surface area contributed by atoms with Gasteiger partial charge in [-0.3, -0.25) is 4.98 Å². The number of hydrogen-bond acceptors (Lipinski definition) is 4. The van der Waals surface area contributed by atoms with Crippen molar-refractivity contribution < 1.29 is 4.79 Å². The van der Waals surface area contributed by atoms with E-state index in [1.54, 1.807) is 12.5 Å². The van der Waals surface area contributed by atoms with Gasteiger partial charge in [-0.15, -0.1) is 10.2 Å². The second kappa shape index (κ2) is 7.19. The van der Waals surface area contributed by atoms with Crippen molar-refractivity contribution in [1.29, 1.82) is 0 Å². The van der Waals surface area contributed by atoms with Crippen molar-refractivity contribution in [2.75, 3.05) is 11.9 Å². The van der Waals surface area contributed by atoms with Gasteiger partial charge in [-0.2, -0.15) is 0 Å². The lowest BCUT2D eigenvalue weighted by atomic mass is 10.1. The number of benzene rings is 1. The number of carbonyl (C=O) groups excluding carboxylic acids is 1. The Morgan fingerprint density at radius 3 is 2.85 bits per heavy atom. The van der Waals surface area contributed by atoms with Crippen LogP contribution in [0.4, 0.5) is 10.5 Å². The van der Waals surface area contributed by atoms with E-state index in [1.165, 1.54) is 0 Å². The summed E-state index contributed by atoms with van der Waals surface area (Å²) in [4.78, 5) is 19.3. The largest absolute Gasteiger partial charge is 0.322 e. The van der Waals surface area contributed by atoms with Crippen molar-refractivity contribution in [1.82, 2.24) is 24.6 Å². The number of nitrogens with zero attached hydrogens (tertiary/aromatic N) is 5. The third-order valence-corrected chi connectivity index (χ3v) is 5.07. The fourth-order valence-corrected chi connectivity index (χ4v) is 3.62. The molecule has 4 rings (SSSR count). The molecule has 1 fully saturated rings. The van der Waals surface area contributed by atoms with E-state index in [-0.39, 0.29) is 12.1 Å². The van der Waals surface area contributed by atoms with Crippen molar-refractivity contribution in [3.8, 4) is 11.4 Å². The monoisotopic (exact) mass is 362 g/mol.